The van der Waals surface area contributed by atoms with E-state index in [4.69, 9.17) is 4.74 Å². The number of hydrogen-bond acceptors (Lipinski definition) is 4. The summed E-state index contributed by atoms with van der Waals surface area (Å²) in [4.78, 5) is 24.1. The molecule has 1 atom stereocenters. The van der Waals surface area contributed by atoms with Gasteiger partial charge in [0, 0.05) is 31.0 Å². The van der Waals surface area contributed by atoms with Crippen LogP contribution in [0, 0.1) is 25.7 Å². The molecule has 0 spiro atoms. The van der Waals surface area contributed by atoms with E-state index < -0.39 is 11.9 Å². The molecule has 1 amide bonds. The molecule has 150 valence electrons. The fraction of sp³-hybridized carbons (Fsp3) is 0.476. The normalized spacial score (nSPS) is 15.9. The second-order valence-corrected chi connectivity index (χ2v) is 7.27. The Labute approximate surface area is 164 Å². The first kappa shape index (κ1) is 20.1. The molecule has 0 saturated carbocycles. The summed E-state index contributed by atoms with van der Waals surface area (Å²) in [6.45, 7) is 5.14. The van der Waals surface area contributed by atoms with E-state index in [0.29, 0.717) is 13.2 Å². The molecule has 28 heavy (non-hydrogen) atoms. The lowest BCUT2D eigenvalue weighted by atomic mass is 9.86. The van der Waals surface area contributed by atoms with Crippen molar-refractivity contribution in [2.75, 3.05) is 19.8 Å². The highest BCUT2D eigenvalue weighted by atomic mass is 16.5. The van der Waals surface area contributed by atoms with Crippen LogP contribution in [0.25, 0.3) is 5.69 Å². The highest BCUT2D eigenvalue weighted by Crippen LogP contribution is 2.24. The monoisotopic (exact) mass is 385 g/mol. The van der Waals surface area contributed by atoms with E-state index >= 15 is 0 Å². The molecular formula is C21H27N3O4. The molecule has 7 nitrogen and oxygen atoms in total. The van der Waals surface area contributed by atoms with Crippen molar-refractivity contribution in [2.45, 2.75) is 33.1 Å². The molecule has 7 heteroatoms. The van der Waals surface area contributed by atoms with Crippen LogP contribution in [-0.2, 0) is 20.7 Å². The number of carbonyl (C=O) groups is 2. The van der Waals surface area contributed by atoms with Crippen molar-refractivity contribution >= 4 is 11.9 Å². The third-order valence-electron chi connectivity index (χ3n) is 5.45. The number of hydrogen-bond donors (Lipinski definition) is 2. The third-order valence-corrected chi connectivity index (χ3v) is 5.45. The molecule has 0 bridgehead atoms. The van der Waals surface area contributed by atoms with E-state index in [1.807, 2.05) is 48.9 Å². The van der Waals surface area contributed by atoms with Crippen LogP contribution in [0.3, 0.4) is 0 Å². The van der Waals surface area contributed by atoms with Crippen LogP contribution < -0.4 is 5.32 Å². The molecule has 1 aliphatic heterocycles. The maximum Gasteiger partial charge on any atom is 0.308 e. The Morgan fingerprint density at radius 3 is 2.57 bits per heavy atom. The van der Waals surface area contributed by atoms with Gasteiger partial charge in [-0.25, -0.2) is 4.68 Å². The predicted octanol–water partition coefficient (Wildman–Crippen LogP) is 2.28. The van der Waals surface area contributed by atoms with Crippen LogP contribution in [0.5, 0.6) is 0 Å². The third kappa shape index (κ3) is 4.59. The van der Waals surface area contributed by atoms with Crippen molar-refractivity contribution in [2.24, 2.45) is 11.8 Å². The summed E-state index contributed by atoms with van der Waals surface area (Å²) in [5.41, 5.74) is 3.54. The summed E-state index contributed by atoms with van der Waals surface area (Å²) >= 11 is 0. The largest absolute Gasteiger partial charge is 0.481 e. The van der Waals surface area contributed by atoms with E-state index in [2.05, 4.69) is 10.4 Å². The maximum absolute atomic E-state index is 12.5. The molecule has 2 aromatic rings. The van der Waals surface area contributed by atoms with Crippen LogP contribution in [0.4, 0.5) is 0 Å². The van der Waals surface area contributed by atoms with Gasteiger partial charge in [-0.3, -0.25) is 9.59 Å². The van der Waals surface area contributed by atoms with E-state index in [9.17, 15) is 14.7 Å². The molecule has 0 aliphatic carbocycles. The van der Waals surface area contributed by atoms with Crippen LogP contribution in [0.2, 0.25) is 0 Å². The minimum absolute atomic E-state index is 0.0378. The zero-order valence-electron chi connectivity index (χ0n) is 16.4. The molecule has 1 fully saturated rings. The van der Waals surface area contributed by atoms with Gasteiger partial charge in [0.25, 0.3) is 0 Å². The van der Waals surface area contributed by atoms with E-state index in [0.717, 1.165) is 35.5 Å². The van der Waals surface area contributed by atoms with E-state index in [1.165, 1.54) is 0 Å². The molecule has 1 aliphatic rings. The zero-order chi connectivity index (χ0) is 20.1. The number of para-hydroxylation sites is 1. The number of rotatable bonds is 7. The maximum atomic E-state index is 12.5. The molecule has 0 radical (unpaired) electrons. The predicted molar refractivity (Wildman–Crippen MR) is 104 cm³/mol. The first-order valence-corrected chi connectivity index (χ1v) is 9.65. The van der Waals surface area contributed by atoms with Gasteiger partial charge in [-0.2, -0.15) is 5.10 Å². The SMILES string of the molecule is Cc1nn(-c2ccccc2)c(C)c1CC(=O)NCC(C(=O)O)C1CCOCC1. The number of carboxylic acids is 1. The molecule has 1 unspecified atom stereocenters. The van der Waals surface area contributed by atoms with Crippen LogP contribution in [0.15, 0.2) is 30.3 Å². The summed E-state index contributed by atoms with van der Waals surface area (Å²) in [5.74, 6) is -1.59. The average molecular weight is 385 g/mol. The quantitative estimate of drug-likeness (QED) is 0.763. The van der Waals surface area contributed by atoms with Gasteiger partial charge < -0.3 is 15.2 Å². The lowest BCUT2D eigenvalue weighted by molar-refractivity contribution is -0.144. The number of carbonyl (C=O) groups excluding carboxylic acids is 1. The first-order valence-electron chi connectivity index (χ1n) is 9.65. The number of aryl methyl sites for hydroxylation is 1. The zero-order valence-corrected chi connectivity index (χ0v) is 16.4. The topological polar surface area (TPSA) is 93.5 Å². The minimum atomic E-state index is -0.864. The van der Waals surface area contributed by atoms with E-state index in [1.54, 1.807) is 0 Å². The molecule has 1 saturated heterocycles. The number of ether oxygens (including phenoxy) is 1. The van der Waals surface area contributed by atoms with Crippen molar-refractivity contribution in [1.29, 1.82) is 0 Å². The number of aromatic nitrogens is 2. The standard InChI is InChI=1S/C21H27N3O4/c1-14-18(15(2)24(23-14)17-6-4-3-5-7-17)12-20(25)22-13-19(21(26)27)16-8-10-28-11-9-16/h3-7,16,19H,8-13H2,1-2H3,(H,22,25)(H,26,27). The van der Waals surface area contributed by atoms with Crippen LogP contribution in [0.1, 0.15) is 29.8 Å². The van der Waals surface area contributed by atoms with Gasteiger partial charge in [0.2, 0.25) is 5.91 Å². The summed E-state index contributed by atoms with van der Waals surface area (Å²) in [6, 6.07) is 9.77. The van der Waals surface area contributed by atoms with Gasteiger partial charge in [0.15, 0.2) is 0 Å². The van der Waals surface area contributed by atoms with Crippen LogP contribution in [-0.4, -0.2) is 46.5 Å². The van der Waals surface area contributed by atoms with Gasteiger partial charge in [-0.15, -0.1) is 0 Å². The minimum Gasteiger partial charge on any atom is -0.481 e. The number of benzene rings is 1. The second-order valence-electron chi connectivity index (χ2n) is 7.27. The second kappa shape index (κ2) is 9.01. The number of nitrogens with one attached hydrogen (secondary N) is 1. The van der Waals surface area contributed by atoms with Crippen molar-refractivity contribution in [3.63, 3.8) is 0 Å². The van der Waals surface area contributed by atoms with E-state index in [-0.39, 0.29) is 24.8 Å². The Morgan fingerprint density at radius 1 is 1.25 bits per heavy atom. The van der Waals surface area contributed by atoms with Crippen molar-refractivity contribution in [3.8, 4) is 5.69 Å². The van der Waals surface area contributed by atoms with Gasteiger partial charge in [0.1, 0.15) is 0 Å². The molecule has 2 heterocycles. The Balaban J connectivity index is 1.64. The molecule has 1 aromatic carbocycles. The summed E-state index contributed by atoms with van der Waals surface area (Å²) in [6.07, 6.45) is 1.62. The number of nitrogens with zero attached hydrogens (tertiary/aromatic N) is 2. The lowest BCUT2D eigenvalue weighted by Crippen LogP contribution is -2.39. The highest BCUT2D eigenvalue weighted by Gasteiger charge is 2.30. The fourth-order valence-corrected chi connectivity index (χ4v) is 3.77. The van der Waals surface area contributed by atoms with Crippen molar-refractivity contribution in [3.05, 3.63) is 47.3 Å². The number of aliphatic carboxylic acids is 1. The fourth-order valence-electron chi connectivity index (χ4n) is 3.77. The van der Waals surface area contributed by atoms with Crippen LogP contribution >= 0.6 is 0 Å². The van der Waals surface area contributed by atoms with Crippen molar-refractivity contribution in [1.82, 2.24) is 15.1 Å². The lowest BCUT2D eigenvalue weighted by Gasteiger charge is -2.27. The first-order chi connectivity index (χ1) is 13.5. The number of carboxylic acid groups (broad SMARTS) is 1. The van der Waals surface area contributed by atoms with Gasteiger partial charge in [-0.05, 0) is 44.7 Å². The Bertz CT molecular complexity index is 826. The van der Waals surface area contributed by atoms with Crippen molar-refractivity contribution < 1.29 is 19.4 Å². The summed E-state index contributed by atoms with van der Waals surface area (Å²) in [7, 11) is 0. The van der Waals surface area contributed by atoms with Gasteiger partial charge in [0.05, 0.1) is 23.7 Å². The summed E-state index contributed by atoms with van der Waals surface area (Å²) in [5, 5.41) is 16.9. The van der Waals surface area contributed by atoms with Gasteiger partial charge in [-0.1, -0.05) is 18.2 Å². The Morgan fingerprint density at radius 2 is 1.93 bits per heavy atom. The Hall–Kier alpha value is -2.67. The molecule has 3 rings (SSSR count). The number of amides is 1. The molecule has 2 N–H and O–H groups in total. The highest BCUT2D eigenvalue weighted by molar-refractivity contribution is 5.80. The molecular weight excluding hydrogens is 358 g/mol. The molecule has 1 aromatic heterocycles. The average Bonchev–Trinajstić information content (AvgIpc) is 2.97. The van der Waals surface area contributed by atoms with Gasteiger partial charge >= 0.3 is 5.97 Å². The smallest absolute Gasteiger partial charge is 0.308 e. The Kier molecular flexibility index (Phi) is 6.46. The summed E-state index contributed by atoms with van der Waals surface area (Å²) < 4.78 is 7.14.